The van der Waals surface area contributed by atoms with Crippen molar-refractivity contribution in [3.05, 3.63) is 35.9 Å². The van der Waals surface area contributed by atoms with Gasteiger partial charge in [-0.2, -0.15) is 0 Å². The summed E-state index contributed by atoms with van der Waals surface area (Å²) in [5, 5.41) is 3.67. The van der Waals surface area contributed by atoms with Crippen LogP contribution in [0, 0.1) is 11.3 Å². The fourth-order valence-corrected chi connectivity index (χ4v) is 4.39. The summed E-state index contributed by atoms with van der Waals surface area (Å²) in [5.41, 5.74) is 1.94. The van der Waals surface area contributed by atoms with Gasteiger partial charge >= 0.3 is 0 Å². The van der Waals surface area contributed by atoms with E-state index in [1.165, 1.54) is 31.2 Å². The number of benzene rings is 1. The molecule has 2 aliphatic rings. The summed E-state index contributed by atoms with van der Waals surface area (Å²) >= 11 is 0. The number of rotatable bonds is 7. The Kier molecular flexibility index (Phi) is 8.86. The first-order valence-corrected chi connectivity index (χ1v) is 10.2. The number of halogens is 1. The lowest BCUT2D eigenvalue weighted by Gasteiger charge is -2.40. The van der Waals surface area contributed by atoms with E-state index in [0.29, 0.717) is 17.3 Å². The van der Waals surface area contributed by atoms with Gasteiger partial charge in [0.1, 0.15) is 0 Å². The highest BCUT2D eigenvalue weighted by Gasteiger charge is 2.42. The third-order valence-corrected chi connectivity index (χ3v) is 6.41. The second-order valence-electron chi connectivity index (χ2n) is 8.06. The number of hydrogen-bond acceptors (Lipinski definition) is 2. The molecule has 2 fully saturated rings. The van der Waals surface area contributed by atoms with Crippen LogP contribution >= 0.6 is 24.0 Å². The van der Waals surface area contributed by atoms with Crippen LogP contribution in [0.25, 0.3) is 0 Å². The first kappa shape index (κ1) is 22.5. The van der Waals surface area contributed by atoms with Crippen molar-refractivity contribution in [2.45, 2.75) is 44.9 Å². The molecule has 1 saturated carbocycles. The molecular weight excluding hydrogens is 449 g/mol. The number of nitrogens with zero attached hydrogens (tertiary/aromatic N) is 2. The van der Waals surface area contributed by atoms with Gasteiger partial charge in [-0.1, -0.05) is 43.7 Å². The van der Waals surface area contributed by atoms with Gasteiger partial charge in [-0.3, -0.25) is 4.99 Å². The highest BCUT2D eigenvalue weighted by atomic mass is 127. The molecule has 1 aromatic rings. The molecule has 5 heteroatoms. The monoisotopic (exact) mass is 485 g/mol. The zero-order chi connectivity index (χ0) is 18.4. The summed E-state index contributed by atoms with van der Waals surface area (Å²) in [6.45, 7) is 6.39. The average Bonchev–Trinajstić information content (AvgIpc) is 3.47. The molecule has 3 rings (SSSR count). The van der Waals surface area contributed by atoms with E-state index in [1.807, 2.05) is 7.05 Å². The molecule has 1 saturated heterocycles. The van der Waals surface area contributed by atoms with Gasteiger partial charge < -0.3 is 15.0 Å². The zero-order valence-corrected chi connectivity index (χ0v) is 19.4. The smallest absolute Gasteiger partial charge is 0.193 e. The van der Waals surface area contributed by atoms with Crippen LogP contribution < -0.4 is 5.32 Å². The average molecular weight is 485 g/mol. The Morgan fingerprint density at radius 2 is 2.04 bits per heavy atom. The molecule has 1 N–H and O–H groups in total. The molecule has 1 heterocycles. The van der Waals surface area contributed by atoms with Crippen LogP contribution in [0.3, 0.4) is 0 Å². The lowest BCUT2D eigenvalue weighted by atomic mass is 9.79. The number of nitrogens with one attached hydrogen (secondary N) is 1. The van der Waals surface area contributed by atoms with Gasteiger partial charge in [0.15, 0.2) is 5.96 Å². The lowest BCUT2D eigenvalue weighted by Crippen LogP contribution is -2.49. The van der Waals surface area contributed by atoms with Gasteiger partial charge in [0, 0.05) is 40.4 Å². The molecule has 1 aliphatic heterocycles. The molecule has 0 spiro atoms. The molecule has 2 unspecified atom stereocenters. The second kappa shape index (κ2) is 10.6. The standard InChI is InChI=1S/C22H35N3O.HI/c1-4-18-16-25(14-10-20(18)19-8-6-5-7-9-19)21(23-2)24-17-22(11-12-22)13-15-26-3;/h5-9,18,20H,4,10-17H2,1-3H3,(H,23,24);1H. The van der Waals surface area contributed by atoms with Gasteiger partial charge in [0.05, 0.1) is 0 Å². The van der Waals surface area contributed by atoms with E-state index in [2.05, 4.69) is 52.5 Å². The van der Waals surface area contributed by atoms with Crippen LogP contribution in [0.2, 0.25) is 0 Å². The number of hydrogen-bond donors (Lipinski definition) is 1. The van der Waals surface area contributed by atoms with Crippen LogP contribution in [-0.2, 0) is 4.74 Å². The topological polar surface area (TPSA) is 36.9 Å². The Morgan fingerprint density at radius 1 is 1.30 bits per heavy atom. The fourth-order valence-electron chi connectivity index (χ4n) is 4.39. The number of likely N-dealkylation sites (tertiary alicyclic amines) is 1. The predicted octanol–water partition coefficient (Wildman–Crippen LogP) is 4.51. The Balaban J connectivity index is 0.00000261. The van der Waals surface area contributed by atoms with Crippen LogP contribution in [0.4, 0.5) is 0 Å². The van der Waals surface area contributed by atoms with E-state index in [1.54, 1.807) is 7.11 Å². The van der Waals surface area contributed by atoms with Crippen molar-refractivity contribution >= 4 is 29.9 Å². The molecule has 0 amide bonds. The van der Waals surface area contributed by atoms with Crippen LogP contribution in [0.1, 0.15) is 50.5 Å². The molecule has 0 aromatic heterocycles. The maximum atomic E-state index is 5.28. The maximum Gasteiger partial charge on any atom is 0.193 e. The van der Waals surface area contributed by atoms with E-state index in [9.17, 15) is 0 Å². The van der Waals surface area contributed by atoms with Crippen molar-refractivity contribution < 1.29 is 4.74 Å². The SMILES string of the molecule is CCC1CN(C(=NC)NCC2(CCOC)CC2)CCC1c1ccccc1.I. The van der Waals surface area contributed by atoms with Gasteiger partial charge in [-0.05, 0) is 48.5 Å². The summed E-state index contributed by atoms with van der Waals surface area (Å²) < 4.78 is 5.28. The largest absolute Gasteiger partial charge is 0.385 e. The molecule has 1 aliphatic carbocycles. The molecule has 1 aromatic carbocycles. The van der Waals surface area contributed by atoms with E-state index in [-0.39, 0.29) is 24.0 Å². The first-order valence-electron chi connectivity index (χ1n) is 10.2. The van der Waals surface area contributed by atoms with Gasteiger partial charge in [-0.25, -0.2) is 0 Å². The third-order valence-electron chi connectivity index (χ3n) is 6.41. The summed E-state index contributed by atoms with van der Waals surface area (Å²) in [6, 6.07) is 11.0. The number of methoxy groups -OCH3 is 1. The van der Waals surface area contributed by atoms with Crippen molar-refractivity contribution in [1.29, 1.82) is 0 Å². The molecule has 4 nitrogen and oxygen atoms in total. The third kappa shape index (κ3) is 5.83. The lowest BCUT2D eigenvalue weighted by molar-refractivity contribution is 0.171. The Hall–Kier alpha value is -0.820. The zero-order valence-electron chi connectivity index (χ0n) is 17.1. The summed E-state index contributed by atoms with van der Waals surface area (Å²) in [7, 11) is 3.71. The fraction of sp³-hybridized carbons (Fsp3) is 0.682. The second-order valence-corrected chi connectivity index (χ2v) is 8.06. The number of aliphatic imine (C=N–C) groups is 1. The molecule has 0 bridgehead atoms. The Labute approximate surface area is 182 Å². The molecular formula is C22H36IN3O. The van der Waals surface area contributed by atoms with Crippen molar-refractivity contribution in [2.75, 3.05) is 40.4 Å². The quantitative estimate of drug-likeness (QED) is 0.351. The van der Waals surface area contributed by atoms with Gasteiger partial charge in [0.2, 0.25) is 0 Å². The normalized spacial score (nSPS) is 24.3. The highest BCUT2D eigenvalue weighted by Crippen LogP contribution is 2.48. The van der Waals surface area contributed by atoms with Crippen LogP contribution in [0.5, 0.6) is 0 Å². The van der Waals surface area contributed by atoms with E-state index < -0.39 is 0 Å². The van der Waals surface area contributed by atoms with Crippen LogP contribution in [-0.4, -0.2) is 51.3 Å². The molecule has 27 heavy (non-hydrogen) atoms. The molecule has 0 radical (unpaired) electrons. The number of ether oxygens (including phenoxy) is 1. The van der Waals surface area contributed by atoms with Crippen molar-refractivity contribution in [3.63, 3.8) is 0 Å². The summed E-state index contributed by atoms with van der Waals surface area (Å²) in [6.07, 6.45) is 6.20. The van der Waals surface area contributed by atoms with Gasteiger partial charge in [-0.15, -0.1) is 24.0 Å². The van der Waals surface area contributed by atoms with Crippen molar-refractivity contribution in [1.82, 2.24) is 10.2 Å². The highest BCUT2D eigenvalue weighted by molar-refractivity contribution is 14.0. The van der Waals surface area contributed by atoms with Gasteiger partial charge in [0.25, 0.3) is 0 Å². The summed E-state index contributed by atoms with van der Waals surface area (Å²) in [5.74, 6) is 2.44. The van der Waals surface area contributed by atoms with Crippen LogP contribution in [0.15, 0.2) is 35.3 Å². The Bertz CT molecular complexity index is 588. The van der Waals surface area contributed by atoms with E-state index in [0.717, 1.165) is 38.6 Å². The first-order chi connectivity index (χ1) is 12.7. The van der Waals surface area contributed by atoms with E-state index in [4.69, 9.17) is 4.74 Å². The van der Waals surface area contributed by atoms with Crippen molar-refractivity contribution in [3.8, 4) is 0 Å². The number of piperidine rings is 1. The minimum Gasteiger partial charge on any atom is -0.385 e. The van der Waals surface area contributed by atoms with Crippen molar-refractivity contribution in [2.24, 2.45) is 16.3 Å². The molecule has 2 atom stereocenters. The maximum absolute atomic E-state index is 5.28. The van der Waals surface area contributed by atoms with E-state index >= 15 is 0 Å². The Morgan fingerprint density at radius 3 is 2.63 bits per heavy atom. The minimum atomic E-state index is 0. The number of guanidine groups is 1. The minimum absolute atomic E-state index is 0. The molecule has 152 valence electrons. The summed E-state index contributed by atoms with van der Waals surface area (Å²) in [4.78, 5) is 7.06. The predicted molar refractivity (Wildman–Crippen MR) is 124 cm³/mol.